The lowest BCUT2D eigenvalue weighted by molar-refractivity contribution is 0.364. The molecule has 1 fully saturated rings. The van der Waals surface area contributed by atoms with Crippen molar-refractivity contribution in [3.05, 3.63) is 17.0 Å². The Balaban J connectivity index is 2.29. The van der Waals surface area contributed by atoms with Crippen LogP contribution in [0.2, 0.25) is 5.02 Å². The molecular weight excluding hydrogens is 224 g/mol. The fraction of sp³-hybridized carbons (Fsp3) is 0.444. The number of pyridine rings is 1. The first-order valence-corrected chi connectivity index (χ1v) is 4.96. The van der Waals surface area contributed by atoms with Crippen molar-refractivity contribution < 1.29 is 8.78 Å². The van der Waals surface area contributed by atoms with Gasteiger partial charge in [0.25, 0.3) is 0 Å². The fourth-order valence-electron chi connectivity index (χ4n) is 1.59. The Hall–Kier alpha value is -1.10. The number of hydrogen-bond acceptors (Lipinski definition) is 3. The summed E-state index contributed by atoms with van der Waals surface area (Å²) in [5.41, 5.74) is 5.62. The van der Waals surface area contributed by atoms with Crippen LogP contribution in [0.5, 0.6) is 0 Å². The first-order chi connectivity index (χ1) is 7.08. The summed E-state index contributed by atoms with van der Waals surface area (Å²) in [6.45, 7) is 0.752. The number of nitrogens with two attached hydrogens (primary N) is 1. The van der Waals surface area contributed by atoms with E-state index >= 15 is 0 Å². The van der Waals surface area contributed by atoms with Gasteiger partial charge >= 0.3 is 0 Å². The van der Waals surface area contributed by atoms with Crippen molar-refractivity contribution >= 4 is 23.1 Å². The van der Waals surface area contributed by atoms with Crippen molar-refractivity contribution in [3.8, 4) is 0 Å². The predicted molar refractivity (Wildman–Crippen MR) is 55.3 cm³/mol. The van der Waals surface area contributed by atoms with E-state index in [0.717, 1.165) is 0 Å². The molecule has 3 nitrogen and oxygen atoms in total. The maximum absolute atomic E-state index is 13.1. The Morgan fingerprint density at radius 2 is 2.33 bits per heavy atom. The van der Waals surface area contributed by atoms with E-state index in [-0.39, 0.29) is 17.3 Å². The van der Waals surface area contributed by atoms with Gasteiger partial charge in [-0.1, -0.05) is 11.6 Å². The van der Waals surface area contributed by atoms with Gasteiger partial charge in [0.1, 0.15) is 17.0 Å². The van der Waals surface area contributed by atoms with Crippen molar-refractivity contribution in [3.63, 3.8) is 0 Å². The molecule has 6 heteroatoms. The normalized spacial score (nSPS) is 21.0. The van der Waals surface area contributed by atoms with E-state index in [9.17, 15) is 8.78 Å². The molecule has 0 unspecified atom stereocenters. The maximum atomic E-state index is 13.1. The molecule has 2 rings (SSSR count). The summed E-state index contributed by atoms with van der Waals surface area (Å²) in [7, 11) is 0. The molecule has 2 heterocycles. The minimum Gasteiger partial charge on any atom is -0.397 e. The first kappa shape index (κ1) is 10.4. The lowest BCUT2D eigenvalue weighted by Crippen LogP contribution is -2.21. The third kappa shape index (κ3) is 1.97. The van der Waals surface area contributed by atoms with Crippen LogP contribution in [0.15, 0.2) is 6.07 Å². The lowest BCUT2D eigenvalue weighted by atomic mass is 10.3. The minimum absolute atomic E-state index is 0.126. The predicted octanol–water partition coefficient (Wildman–Crippen LogP) is 2.00. The van der Waals surface area contributed by atoms with Crippen molar-refractivity contribution in [1.29, 1.82) is 0 Å². The quantitative estimate of drug-likeness (QED) is 0.755. The van der Waals surface area contributed by atoms with Crippen LogP contribution in [-0.4, -0.2) is 24.2 Å². The molecule has 0 bridgehead atoms. The van der Waals surface area contributed by atoms with Crippen LogP contribution >= 0.6 is 11.6 Å². The molecule has 0 aromatic carbocycles. The number of aromatic nitrogens is 1. The molecule has 0 saturated carbocycles. The van der Waals surface area contributed by atoms with Crippen molar-refractivity contribution in [1.82, 2.24) is 4.98 Å². The van der Waals surface area contributed by atoms with Gasteiger partial charge in [0.15, 0.2) is 0 Å². The fourth-order valence-corrected chi connectivity index (χ4v) is 1.69. The number of nitrogen functional groups attached to an aromatic ring is 1. The van der Waals surface area contributed by atoms with Crippen molar-refractivity contribution in [2.75, 3.05) is 23.7 Å². The number of rotatable bonds is 1. The molecule has 1 aromatic heterocycles. The highest BCUT2D eigenvalue weighted by molar-refractivity contribution is 6.33. The molecule has 2 N–H and O–H groups in total. The first-order valence-electron chi connectivity index (χ1n) is 4.58. The highest BCUT2D eigenvalue weighted by atomic mass is 35.5. The topological polar surface area (TPSA) is 42.1 Å². The summed E-state index contributed by atoms with van der Waals surface area (Å²) >= 11 is 5.53. The van der Waals surface area contributed by atoms with Crippen LogP contribution in [0.25, 0.3) is 0 Å². The lowest BCUT2D eigenvalue weighted by Gasteiger charge is -2.16. The van der Waals surface area contributed by atoms with Crippen LogP contribution in [0.4, 0.5) is 20.3 Å². The summed E-state index contributed by atoms with van der Waals surface area (Å²) in [6.07, 6.45) is -0.446. The highest BCUT2D eigenvalue weighted by Gasteiger charge is 2.24. The second kappa shape index (κ2) is 3.81. The number of hydrogen-bond donors (Lipinski definition) is 1. The zero-order chi connectivity index (χ0) is 11.0. The summed E-state index contributed by atoms with van der Waals surface area (Å²) in [4.78, 5) is 5.28. The van der Waals surface area contributed by atoms with Crippen LogP contribution in [0.3, 0.4) is 0 Å². The number of halogens is 3. The van der Waals surface area contributed by atoms with E-state index in [2.05, 4.69) is 4.98 Å². The van der Waals surface area contributed by atoms with Crippen LogP contribution in [-0.2, 0) is 0 Å². The Labute approximate surface area is 90.8 Å². The Kier molecular flexibility index (Phi) is 2.65. The molecule has 0 spiro atoms. The molecule has 1 atom stereocenters. The molecular formula is C9H10ClF2N3. The summed E-state index contributed by atoms with van der Waals surface area (Å²) in [5, 5.41) is -0.185. The number of anilines is 2. The summed E-state index contributed by atoms with van der Waals surface area (Å²) in [5.74, 6) is -0.469. The summed E-state index contributed by atoms with van der Waals surface area (Å²) in [6, 6.07) is 1.46. The molecule has 0 amide bonds. The van der Waals surface area contributed by atoms with E-state index in [1.807, 2.05) is 0 Å². The molecule has 1 aliphatic heterocycles. The molecule has 15 heavy (non-hydrogen) atoms. The van der Waals surface area contributed by atoms with Gasteiger partial charge in [-0.05, 0) is 6.42 Å². The largest absolute Gasteiger partial charge is 0.397 e. The number of nitrogens with zero attached hydrogens (tertiary/aromatic N) is 2. The zero-order valence-corrected chi connectivity index (χ0v) is 8.64. The van der Waals surface area contributed by atoms with E-state index < -0.39 is 12.1 Å². The standard InChI is InChI=1S/C9H10ClF2N3/c10-8-6(13)3-7(14-9(8)12)15-2-1-5(11)4-15/h3,5H,1-2,4H2,(H2,13,14)/t5-/m1/s1. The molecule has 0 radical (unpaired) electrons. The van der Waals surface area contributed by atoms with E-state index in [0.29, 0.717) is 18.8 Å². The molecule has 1 aliphatic rings. The second-order valence-electron chi connectivity index (χ2n) is 3.51. The van der Waals surface area contributed by atoms with Gasteiger partial charge in [-0.2, -0.15) is 4.39 Å². The van der Waals surface area contributed by atoms with Gasteiger partial charge < -0.3 is 10.6 Å². The van der Waals surface area contributed by atoms with Gasteiger partial charge in [-0.3, -0.25) is 0 Å². The highest BCUT2D eigenvalue weighted by Crippen LogP contribution is 2.27. The molecule has 0 aliphatic carbocycles. The average Bonchev–Trinajstić information content (AvgIpc) is 2.60. The SMILES string of the molecule is Nc1cc(N2CC[C@@H](F)C2)nc(F)c1Cl. The van der Waals surface area contributed by atoms with E-state index in [1.165, 1.54) is 6.07 Å². The van der Waals surface area contributed by atoms with Crippen LogP contribution in [0.1, 0.15) is 6.42 Å². The third-order valence-electron chi connectivity index (χ3n) is 2.39. The minimum atomic E-state index is -0.883. The Morgan fingerprint density at radius 1 is 1.60 bits per heavy atom. The zero-order valence-electron chi connectivity index (χ0n) is 7.88. The average molecular weight is 234 g/mol. The van der Waals surface area contributed by atoms with Gasteiger partial charge in [-0.25, -0.2) is 9.37 Å². The van der Waals surface area contributed by atoms with E-state index in [1.54, 1.807) is 4.90 Å². The summed E-state index contributed by atoms with van der Waals surface area (Å²) < 4.78 is 26.1. The van der Waals surface area contributed by atoms with E-state index in [4.69, 9.17) is 17.3 Å². The Bertz CT molecular complexity index is 363. The second-order valence-corrected chi connectivity index (χ2v) is 3.88. The molecule has 82 valence electrons. The molecule has 1 aromatic rings. The van der Waals surface area contributed by atoms with Gasteiger partial charge in [0.05, 0.1) is 12.2 Å². The van der Waals surface area contributed by atoms with Crippen molar-refractivity contribution in [2.24, 2.45) is 0 Å². The third-order valence-corrected chi connectivity index (χ3v) is 2.76. The van der Waals surface area contributed by atoms with Crippen LogP contribution in [0, 0.1) is 5.95 Å². The van der Waals surface area contributed by atoms with Gasteiger partial charge in [-0.15, -0.1) is 0 Å². The van der Waals surface area contributed by atoms with Crippen LogP contribution < -0.4 is 10.6 Å². The van der Waals surface area contributed by atoms with Crippen molar-refractivity contribution in [2.45, 2.75) is 12.6 Å². The monoisotopic (exact) mass is 233 g/mol. The smallest absolute Gasteiger partial charge is 0.235 e. The Morgan fingerprint density at radius 3 is 2.87 bits per heavy atom. The molecule has 1 saturated heterocycles. The van der Waals surface area contributed by atoms with Gasteiger partial charge in [0, 0.05) is 12.6 Å². The van der Waals surface area contributed by atoms with Gasteiger partial charge in [0.2, 0.25) is 5.95 Å². The maximum Gasteiger partial charge on any atom is 0.235 e. The number of alkyl halides is 1.